The van der Waals surface area contributed by atoms with Crippen molar-refractivity contribution in [1.29, 1.82) is 0 Å². The van der Waals surface area contributed by atoms with Crippen LogP contribution >= 0.6 is 18.6 Å². The summed E-state index contributed by atoms with van der Waals surface area (Å²) in [5.41, 5.74) is 5.46. The van der Waals surface area contributed by atoms with Crippen LogP contribution in [0.15, 0.2) is 60.7 Å². The van der Waals surface area contributed by atoms with Crippen molar-refractivity contribution in [2.45, 2.75) is 22.5 Å². The zero-order chi connectivity index (χ0) is 15.8. The van der Waals surface area contributed by atoms with Gasteiger partial charge in [-0.05, 0) is 0 Å². The summed E-state index contributed by atoms with van der Waals surface area (Å²) >= 11 is -2.09. The average molecular weight is 376 g/mol. The van der Waals surface area contributed by atoms with Gasteiger partial charge in [0.1, 0.15) is 0 Å². The van der Waals surface area contributed by atoms with Gasteiger partial charge in [0.05, 0.1) is 0 Å². The zero-order valence-corrected chi connectivity index (χ0v) is 15.7. The Morgan fingerprint density at radius 3 is 2.17 bits per heavy atom. The second-order valence-electron chi connectivity index (χ2n) is 6.24. The van der Waals surface area contributed by atoms with Gasteiger partial charge in [-0.2, -0.15) is 0 Å². The molecule has 0 bridgehead atoms. The van der Waals surface area contributed by atoms with E-state index < -0.39 is 15.7 Å². The molecule has 23 heavy (non-hydrogen) atoms. The molecule has 3 unspecified atom stereocenters. The number of allylic oxidation sites excluding steroid dienone is 2. The van der Waals surface area contributed by atoms with Crippen LogP contribution in [0.3, 0.4) is 0 Å². The van der Waals surface area contributed by atoms with Gasteiger partial charge in [-0.15, -0.1) is 0 Å². The van der Waals surface area contributed by atoms with Crippen LogP contribution in [0.4, 0.5) is 0 Å². The molecule has 115 valence electrons. The van der Waals surface area contributed by atoms with E-state index in [2.05, 4.69) is 72.8 Å². The Morgan fingerprint density at radius 2 is 1.43 bits per heavy atom. The Bertz CT molecular complexity index is 779. The Kier molecular flexibility index (Phi) is 4.52. The van der Waals surface area contributed by atoms with Crippen LogP contribution < -0.4 is 0 Å². The van der Waals surface area contributed by atoms with Crippen molar-refractivity contribution in [3.05, 3.63) is 82.9 Å². The second-order valence-corrected chi connectivity index (χ2v) is 12.5. The van der Waals surface area contributed by atoms with Gasteiger partial charge in [0, 0.05) is 0 Å². The van der Waals surface area contributed by atoms with E-state index in [9.17, 15) is 0 Å². The summed E-state index contributed by atoms with van der Waals surface area (Å²) in [5.74, 6) is 0.815. The maximum atomic E-state index is 6.57. The molecule has 3 atom stereocenters. The number of fused-ring (bicyclic) bond motifs is 2. The second kappa shape index (κ2) is 6.61. The zero-order valence-electron chi connectivity index (χ0n) is 12.6. The molecule has 4 rings (SSSR count). The molecule has 2 aliphatic rings. The van der Waals surface area contributed by atoms with E-state index in [0.717, 1.165) is 6.42 Å². The Labute approximate surface area is 151 Å². The molecule has 0 amide bonds. The molecule has 0 saturated carbocycles. The molecular weight excluding hydrogens is 359 g/mol. The summed E-state index contributed by atoms with van der Waals surface area (Å²) in [7, 11) is 13.1. The monoisotopic (exact) mass is 375 g/mol. The molecule has 0 spiro atoms. The number of rotatable bonds is 4. The predicted molar refractivity (Wildman–Crippen MR) is 96.5 cm³/mol. The third-order valence-electron chi connectivity index (χ3n) is 4.96. The quantitative estimate of drug-likeness (QED) is 0.520. The first-order chi connectivity index (χ1) is 11.2. The third kappa shape index (κ3) is 2.99. The number of halogens is 2. The molecule has 0 aliphatic heterocycles. The standard InChI is InChI=1S/C20H17.2ClH.Ti/c1-3-7-19-15(5-1)9-11-17(19)13-14-18-12-10-16-6-2-4-8-20(16)18;;;/h1-13,17-18H,14H2;2*1H;/q;;;+2/p-2. The summed E-state index contributed by atoms with van der Waals surface area (Å²) in [5, 5.41) is 0. The van der Waals surface area contributed by atoms with E-state index in [1.807, 2.05) is 0 Å². The molecule has 0 radical (unpaired) electrons. The van der Waals surface area contributed by atoms with Crippen LogP contribution in [0.25, 0.3) is 12.2 Å². The fourth-order valence-electron chi connectivity index (χ4n) is 3.80. The Balaban J connectivity index is 1.62. The van der Waals surface area contributed by atoms with Crippen LogP contribution in [0.2, 0.25) is 4.22 Å². The topological polar surface area (TPSA) is 0 Å². The van der Waals surface area contributed by atoms with Crippen LogP contribution in [0.5, 0.6) is 0 Å². The molecule has 0 N–H and O–H groups in total. The van der Waals surface area contributed by atoms with Crippen molar-refractivity contribution in [2.24, 2.45) is 0 Å². The van der Waals surface area contributed by atoms with E-state index in [1.54, 1.807) is 0 Å². The minimum atomic E-state index is -2.09. The predicted octanol–water partition coefficient (Wildman–Crippen LogP) is 6.71. The van der Waals surface area contributed by atoms with Gasteiger partial charge < -0.3 is 0 Å². The molecule has 3 heteroatoms. The van der Waals surface area contributed by atoms with E-state index in [1.165, 1.54) is 22.3 Å². The van der Waals surface area contributed by atoms with Crippen molar-refractivity contribution in [1.82, 2.24) is 0 Å². The van der Waals surface area contributed by atoms with Crippen LogP contribution in [0, 0.1) is 0 Å². The van der Waals surface area contributed by atoms with E-state index >= 15 is 0 Å². The van der Waals surface area contributed by atoms with Gasteiger partial charge >= 0.3 is 152 Å². The molecular formula is C20H17Cl2Ti. The Morgan fingerprint density at radius 1 is 0.826 bits per heavy atom. The minimum absolute atomic E-state index is 0.373. The van der Waals surface area contributed by atoms with E-state index in [-0.39, 0.29) is 0 Å². The maximum absolute atomic E-state index is 6.57. The molecule has 2 aromatic rings. The number of benzene rings is 2. The molecule has 2 aliphatic carbocycles. The average Bonchev–Trinajstić information content (AvgIpc) is 3.16. The van der Waals surface area contributed by atoms with Gasteiger partial charge in [0.25, 0.3) is 0 Å². The summed E-state index contributed by atoms with van der Waals surface area (Å²) in [4.78, 5) is 0. The van der Waals surface area contributed by atoms with Crippen molar-refractivity contribution >= 4 is 30.8 Å². The molecule has 0 heterocycles. The first-order valence-electron chi connectivity index (χ1n) is 7.96. The van der Waals surface area contributed by atoms with E-state index in [4.69, 9.17) is 18.6 Å². The molecule has 0 nitrogen and oxygen atoms in total. The van der Waals surface area contributed by atoms with Gasteiger partial charge in [-0.1, -0.05) is 0 Å². The summed E-state index contributed by atoms with van der Waals surface area (Å²) in [6.07, 6.45) is 10.1. The fraction of sp³-hybridized carbons (Fsp3) is 0.200. The van der Waals surface area contributed by atoms with Crippen molar-refractivity contribution in [2.75, 3.05) is 0 Å². The molecule has 2 aromatic carbocycles. The van der Waals surface area contributed by atoms with Crippen LogP contribution in [-0.2, 0) is 15.7 Å². The first kappa shape index (κ1) is 15.7. The van der Waals surface area contributed by atoms with Gasteiger partial charge in [-0.25, -0.2) is 0 Å². The Hall–Kier alpha value is -0.786. The number of hydrogen-bond acceptors (Lipinski definition) is 0. The van der Waals surface area contributed by atoms with Crippen molar-refractivity contribution in [3.63, 3.8) is 0 Å². The van der Waals surface area contributed by atoms with Crippen LogP contribution in [0.1, 0.15) is 40.5 Å². The van der Waals surface area contributed by atoms with Gasteiger partial charge in [0.2, 0.25) is 0 Å². The molecule has 0 fully saturated rings. The summed E-state index contributed by atoms with van der Waals surface area (Å²) in [6.45, 7) is 0. The normalized spacial score (nSPS) is 22.0. The molecule has 0 aromatic heterocycles. The van der Waals surface area contributed by atoms with Crippen molar-refractivity contribution < 1.29 is 15.7 Å². The van der Waals surface area contributed by atoms with Crippen LogP contribution in [-0.4, -0.2) is 0 Å². The number of hydrogen-bond donors (Lipinski definition) is 0. The fourth-order valence-corrected chi connectivity index (χ4v) is 7.21. The van der Waals surface area contributed by atoms with Gasteiger partial charge in [-0.3, -0.25) is 0 Å². The molecule has 0 saturated heterocycles. The first-order valence-corrected chi connectivity index (χ1v) is 13.2. The summed E-state index contributed by atoms with van der Waals surface area (Å²) < 4.78 is 0.374. The summed E-state index contributed by atoms with van der Waals surface area (Å²) in [6, 6.07) is 17.2. The van der Waals surface area contributed by atoms with Crippen molar-refractivity contribution in [3.8, 4) is 0 Å². The SMILES string of the molecule is [Cl][Ti]([Cl])[CH](CC1C=Cc2ccccc21)C1C=Cc2ccccc21. The van der Waals surface area contributed by atoms with Gasteiger partial charge in [0.15, 0.2) is 0 Å². The third-order valence-corrected chi connectivity index (χ3v) is 9.08. The van der Waals surface area contributed by atoms with E-state index in [0.29, 0.717) is 16.1 Å².